The van der Waals surface area contributed by atoms with Crippen LogP contribution in [0.15, 0.2) is 77.7 Å². The van der Waals surface area contributed by atoms with Crippen molar-refractivity contribution in [2.45, 2.75) is 17.9 Å². The summed E-state index contributed by atoms with van der Waals surface area (Å²) in [6, 6.07) is 21.5. The van der Waals surface area contributed by atoms with Gasteiger partial charge in [-0.3, -0.25) is 4.79 Å². The lowest BCUT2D eigenvalue weighted by Crippen LogP contribution is -2.40. The number of nitrogens with zero attached hydrogens (tertiary/aromatic N) is 1. The van der Waals surface area contributed by atoms with E-state index < -0.39 is 22.0 Å². The molecule has 0 saturated carbocycles. The normalized spacial score (nSPS) is 15.5. The van der Waals surface area contributed by atoms with Crippen LogP contribution in [0.25, 0.3) is 0 Å². The second kappa shape index (κ2) is 10.4. The highest BCUT2D eigenvalue weighted by Crippen LogP contribution is 2.29. The molecule has 1 N–H and O–H groups in total. The van der Waals surface area contributed by atoms with Crippen LogP contribution in [-0.2, 0) is 14.8 Å². The van der Waals surface area contributed by atoms with Crippen LogP contribution in [0.5, 0.6) is 5.75 Å². The van der Waals surface area contributed by atoms with E-state index >= 15 is 0 Å². The number of ether oxygens (including phenoxy) is 2. The van der Waals surface area contributed by atoms with Crippen LogP contribution in [0.3, 0.4) is 0 Å². The first kappa shape index (κ1) is 23.9. The van der Waals surface area contributed by atoms with Gasteiger partial charge in [-0.25, -0.2) is 8.42 Å². The molecule has 7 nitrogen and oxygen atoms in total. The second-order valence-corrected chi connectivity index (χ2v) is 9.99. The Balaban J connectivity index is 1.71. The van der Waals surface area contributed by atoms with Gasteiger partial charge in [-0.1, -0.05) is 54.6 Å². The first-order valence-electron chi connectivity index (χ1n) is 11.1. The highest BCUT2D eigenvalue weighted by Gasteiger charge is 2.29. The molecule has 3 aromatic carbocycles. The van der Waals surface area contributed by atoms with Crippen molar-refractivity contribution in [2.75, 3.05) is 33.4 Å². The lowest BCUT2D eigenvalue weighted by atomic mass is 9.94. The van der Waals surface area contributed by atoms with E-state index in [0.29, 0.717) is 19.0 Å². The zero-order valence-corrected chi connectivity index (χ0v) is 20.0. The fourth-order valence-electron chi connectivity index (χ4n) is 4.07. The van der Waals surface area contributed by atoms with Crippen LogP contribution in [-0.4, -0.2) is 52.0 Å². The molecule has 0 aromatic heterocycles. The zero-order chi connectivity index (χ0) is 24.1. The average Bonchev–Trinajstić information content (AvgIpc) is 2.88. The predicted molar refractivity (Wildman–Crippen MR) is 130 cm³/mol. The van der Waals surface area contributed by atoms with Crippen molar-refractivity contribution in [1.29, 1.82) is 0 Å². The van der Waals surface area contributed by atoms with Gasteiger partial charge in [0.05, 0.1) is 36.8 Å². The van der Waals surface area contributed by atoms with Gasteiger partial charge in [-0.05, 0) is 41.8 Å². The van der Waals surface area contributed by atoms with Crippen LogP contribution in [0.1, 0.15) is 33.1 Å². The molecule has 3 aromatic rings. The van der Waals surface area contributed by atoms with Crippen molar-refractivity contribution in [1.82, 2.24) is 9.62 Å². The molecule has 1 heterocycles. The van der Waals surface area contributed by atoms with Gasteiger partial charge in [0.1, 0.15) is 5.75 Å². The first-order valence-corrected chi connectivity index (χ1v) is 12.5. The molecule has 1 fully saturated rings. The third kappa shape index (κ3) is 4.99. The fourth-order valence-corrected chi connectivity index (χ4v) is 5.50. The fraction of sp³-hybridized carbons (Fsp3) is 0.269. The van der Waals surface area contributed by atoms with E-state index in [-0.39, 0.29) is 23.5 Å². The molecule has 178 valence electrons. The molecule has 0 bridgehead atoms. The van der Waals surface area contributed by atoms with Crippen LogP contribution in [0.4, 0.5) is 0 Å². The maximum Gasteiger partial charge on any atom is 0.255 e. The minimum Gasteiger partial charge on any atom is -0.496 e. The van der Waals surface area contributed by atoms with E-state index in [9.17, 15) is 13.2 Å². The summed E-state index contributed by atoms with van der Waals surface area (Å²) < 4.78 is 38.4. The number of benzene rings is 3. The van der Waals surface area contributed by atoms with E-state index in [4.69, 9.17) is 9.47 Å². The SMILES string of the molecule is COc1ccc(S(=O)(=O)N2CCOCC2)cc1C(=O)NC(c1ccccc1)c1ccccc1C. The number of nitrogens with one attached hydrogen (secondary N) is 1. The molecule has 1 atom stereocenters. The van der Waals surface area contributed by atoms with Gasteiger partial charge in [0.2, 0.25) is 10.0 Å². The molecule has 4 rings (SSSR count). The van der Waals surface area contributed by atoms with Crippen LogP contribution in [0, 0.1) is 6.92 Å². The summed E-state index contributed by atoms with van der Waals surface area (Å²) in [5, 5.41) is 3.09. The minimum atomic E-state index is -3.76. The van der Waals surface area contributed by atoms with E-state index in [1.54, 1.807) is 0 Å². The topological polar surface area (TPSA) is 84.9 Å². The van der Waals surface area contributed by atoms with Gasteiger partial charge in [0.25, 0.3) is 5.91 Å². The number of aryl methyl sites for hydroxylation is 1. The maximum absolute atomic E-state index is 13.5. The molecule has 1 unspecified atom stereocenters. The molecule has 1 aliphatic rings. The molecule has 8 heteroatoms. The monoisotopic (exact) mass is 480 g/mol. The smallest absolute Gasteiger partial charge is 0.255 e. The number of carbonyl (C=O) groups is 1. The summed E-state index contributed by atoms with van der Waals surface area (Å²) >= 11 is 0. The number of hydrogen-bond acceptors (Lipinski definition) is 5. The molecule has 1 saturated heterocycles. The highest BCUT2D eigenvalue weighted by molar-refractivity contribution is 7.89. The average molecular weight is 481 g/mol. The summed E-state index contributed by atoms with van der Waals surface area (Å²) in [5.74, 6) is -0.122. The van der Waals surface area contributed by atoms with Crippen LogP contribution in [0.2, 0.25) is 0 Å². The number of amides is 1. The molecule has 0 spiro atoms. The number of morpholine rings is 1. The highest BCUT2D eigenvalue weighted by atomic mass is 32.2. The van der Waals surface area contributed by atoms with Gasteiger partial charge in [-0.2, -0.15) is 4.31 Å². The summed E-state index contributed by atoms with van der Waals surface area (Å²) in [7, 11) is -2.31. The molecule has 0 aliphatic carbocycles. The Hall–Kier alpha value is -3.20. The lowest BCUT2D eigenvalue weighted by molar-refractivity contribution is 0.0730. The number of carbonyl (C=O) groups excluding carboxylic acids is 1. The molecule has 1 aliphatic heterocycles. The van der Waals surface area contributed by atoms with Gasteiger partial charge in [0.15, 0.2) is 0 Å². The number of hydrogen-bond donors (Lipinski definition) is 1. The Kier molecular flexibility index (Phi) is 7.31. The van der Waals surface area contributed by atoms with Crippen molar-refractivity contribution in [2.24, 2.45) is 0 Å². The summed E-state index contributed by atoms with van der Waals surface area (Å²) in [6.45, 7) is 3.24. The van der Waals surface area contributed by atoms with Crippen molar-refractivity contribution in [3.05, 3.63) is 95.1 Å². The maximum atomic E-state index is 13.5. The summed E-state index contributed by atoms with van der Waals surface area (Å²) in [5.41, 5.74) is 3.07. The van der Waals surface area contributed by atoms with Gasteiger partial charge >= 0.3 is 0 Å². The van der Waals surface area contributed by atoms with Crippen LogP contribution >= 0.6 is 0 Å². The number of methoxy groups -OCH3 is 1. The van der Waals surface area contributed by atoms with Crippen molar-refractivity contribution >= 4 is 15.9 Å². The summed E-state index contributed by atoms with van der Waals surface area (Å²) in [6.07, 6.45) is 0. The first-order chi connectivity index (χ1) is 16.4. The van der Waals surface area contributed by atoms with E-state index in [0.717, 1.165) is 16.7 Å². The Bertz CT molecular complexity index is 1260. The molecule has 0 radical (unpaired) electrons. The minimum absolute atomic E-state index is 0.0486. The Labute approximate surface area is 200 Å². The third-order valence-corrected chi connectivity index (χ3v) is 7.83. The van der Waals surface area contributed by atoms with E-state index in [2.05, 4.69) is 5.32 Å². The molecule has 1 amide bonds. The van der Waals surface area contributed by atoms with E-state index in [1.165, 1.54) is 29.6 Å². The quantitative estimate of drug-likeness (QED) is 0.559. The van der Waals surface area contributed by atoms with Gasteiger partial charge in [-0.15, -0.1) is 0 Å². The lowest BCUT2D eigenvalue weighted by Gasteiger charge is -2.26. The molecular weight excluding hydrogens is 452 g/mol. The molecule has 34 heavy (non-hydrogen) atoms. The number of rotatable bonds is 7. The van der Waals surface area contributed by atoms with E-state index in [1.807, 2.05) is 61.5 Å². The largest absolute Gasteiger partial charge is 0.496 e. The van der Waals surface area contributed by atoms with Crippen LogP contribution < -0.4 is 10.1 Å². The standard InChI is InChI=1S/C26H28N2O5S/c1-19-8-6-7-11-22(19)25(20-9-4-3-5-10-20)27-26(29)23-18-21(12-13-24(23)32-2)34(30,31)28-14-16-33-17-15-28/h3-13,18,25H,14-17H2,1-2H3,(H,27,29). The second-order valence-electron chi connectivity index (χ2n) is 8.05. The Morgan fingerprint density at radius 3 is 2.35 bits per heavy atom. The Morgan fingerprint density at radius 1 is 1.00 bits per heavy atom. The van der Waals surface area contributed by atoms with Crippen molar-refractivity contribution in [3.8, 4) is 5.75 Å². The zero-order valence-electron chi connectivity index (χ0n) is 19.2. The van der Waals surface area contributed by atoms with Gasteiger partial charge in [0, 0.05) is 13.1 Å². The molecular formula is C26H28N2O5S. The summed E-state index contributed by atoms with van der Waals surface area (Å²) in [4.78, 5) is 13.6. The van der Waals surface area contributed by atoms with Crippen molar-refractivity contribution < 1.29 is 22.7 Å². The predicted octanol–water partition coefficient (Wildman–Crippen LogP) is 3.54. The van der Waals surface area contributed by atoms with Crippen molar-refractivity contribution in [3.63, 3.8) is 0 Å². The third-order valence-electron chi connectivity index (χ3n) is 5.93. The Morgan fingerprint density at radius 2 is 1.68 bits per heavy atom. The van der Waals surface area contributed by atoms with Gasteiger partial charge < -0.3 is 14.8 Å². The number of sulfonamides is 1.